The standard InChI is InChI=1S/C20H21Cl2NO4/c21-17-12-15(24)13-18(22)19(17)27-11-3-10-26-16-6-4-14(5-7-16)20(25)23-8-1-2-9-23/h4-7,12-13,24H,1-3,8-11H2. The number of likely N-dealkylation sites (tertiary alicyclic amines) is 1. The molecule has 0 atom stereocenters. The summed E-state index contributed by atoms with van der Waals surface area (Å²) in [6.07, 6.45) is 2.78. The van der Waals surface area contributed by atoms with Crippen LogP contribution in [0.1, 0.15) is 29.6 Å². The molecule has 1 heterocycles. The van der Waals surface area contributed by atoms with Crippen LogP contribution in [0.3, 0.4) is 0 Å². The topological polar surface area (TPSA) is 59.0 Å². The summed E-state index contributed by atoms with van der Waals surface area (Å²) in [5.74, 6) is 1.12. The van der Waals surface area contributed by atoms with Crippen molar-refractivity contribution in [2.75, 3.05) is 26.3 Å². The Labute approximate surface area is 168 Å². The van der Waals surface area contributed by atoms with Gasteiger partial charge in [0.1, 0.15) is 11.5 Å². The van der Waals surface area contributed by atoms with Crippen molar-refractivity contribution in [1.29, 1.82) is 0 Å². The van der Waals surface area contributed by atoms with Gasteiger partial charge in [0.25, 0.3) is 5.91 Å². The molecule has 1 aliphatic rings. The Morgan fingerprint density at radius 3 is 2.22 bits per heavy atom. The minimum atomic E-state index is -0.00709. The highest BCUT2D eigenvalue weighted by Gasteiger charge is 2.19. The Kier molecular flexibility index (Phi) is 6.69. The van der Waals surface area contributed by atoms with Crippen molar-refractivity contribution in [3.8, 4) is 17.2 Å². The van der Waals surface area contributed by atoms with E-state index in [4.69, 9.17) is 32.7 Å². The number of benzene rings is 2. The minimum Gasteiger partial charge on any atom is -0.508 e. The third-order valence-electron chi connectivity index (χ3n) is 4.28. The van der Waals surface area contributed by atoms with Crippen LogP contribution in [0.4, 0.5) is 0 Å². The molecule has 7 heteroatoms. The largest absolute Gasteiger partial charge is 0.508 e. The zero-order valence-electron chi connectivity index (χ0n) is 14.8. The quantitative estimate of drug-likeness (QED) is 0.668. The molecule has 3 rings (SSSR count). The molecule has 0 aliphatic carbocycles. The summed E-state index contributed by atoms with van der Waals surface area (Å²) in [6, 6.07) is 9.95. The average Bonchev–Trinajstić information content (AvgIpc) is 3.18. The van der Waals surface area contributed by atoms with Crippen molar-refractivity contribution >= 4 is 29.1 Å². The summed E-state index contributed by atoms with van der Waals surface area (Å²) in [4.78, 5) is 14.2. The highest BCUT2D eigenvalue weighted by Crippen LogP contribution is 2.36. The average molecular weight is 410 g/mol. The molecule has 1 aliphatic heterocycles. The monoisotopic (exact) mass is 409 g/mol. The Balaban J connectivity index is 1.42. The fourth-order valence-corrected chi connectivity index (χ4v) is 3.49. The summed E-state index contributed by atoms with van der Waals surface area (Å²) >= 11 is 12.0. The maximum absolute atomic E-state index is 12.3. The number of carbonyl (C=O) groups is 1. The molecule has 1 fully saturated rings. The van der Waals surface area contributed by atoms with Crippen molar-refractivity contribution < 1.29 is 19.4 Å². The zero-order chi connectivity index (χ0) is 19.2. The van der Waals surface area contributed by atoms with Gasteiger partial charge in [-0.15, -0.1) is 0 Å². The van der Waals surface area contributed by atoms with Gasteiger partial charge in [-0.1, -0.05) is 23.2 Å². The summed E-state index contributed by atoms with van der Waals surface area (Å²) in [5, 5.41) is 9.93. The smallest absolute Gasteiger partial charge is 0.253 e. The van der Waals surface area contributed by atoms with E-state index in [2.05, 4.69) is 0 Å². The Hall–Kier alpha value is -2.11. The molecule has 1 N–H and O–H groups in total. The number of nitrogens with zero attached hydrogens (tertiary/aromatic N) is 1. The van der Waals surface area contributed by atoms with E-state index in [1.54, 1.807) is 24.3 Å². The summed E-state index contributed by atoms with van der Waals surface area (Å²) in [7, 11) is 0. The molecule has 0 saturated carbocycles. The van der Waals surface area contributed by atoms with Gasteiger partial charge >= 0.3 is 0 Å². The highest BCUT2D eigenvalue weighted by molar-refractivity contribution is 6.37. The van der Waals surface area contributed by atoms with Crippen LogP contribution in [-0.2, 0) is 0 Å². The van der Waals surface area contributed by atoms with E-state index in [1.165, 1.54) is 12.1 Å². The third-order valence-corrected chi connectivity index (χ3v) is 4.84. The van der Waals surface area contributed by atoms with E-state index in [0.29, 0.717) is 36.7 Å². The fraction of sp³-hybridized carbons (Fsp3) is 0.350. The number of ether oxygens (including phenoxy) is 2. The van der Waals surface area contributed by atoms with Gasteiger partial charge in [0.2, 0.25) is 0 Å². The minimum absolute atomic E-state index is 0.00709. The molecule has 1 amide bonds. The molecule has 0 spiro atoms. The van der Waals surface area contributed by atoms with Gasteiger partial charge in [0.05, 0.1) is 23.3 Å². The SMILES string of the molecule is O=C(c1ccc(OCCCOc2c(Cl)cc(O)cc2Cl)cc1)N1CCCC1. The Morgan fingerprint density at radius 2 is 1.59 bits per heavy atom. The summed E-state index contributed by atoms with van der Waals surface area (Å²) < 4.78 is 11.2. The van der Waals surface area contributed by atoms with Gasteiger partial charge in [0.15, 0.2) is 5.75 Å². The number of amides is 1. The molecule has 5 nitrogen and oxygen atoms in total. The second kappa shape index (κ2) is 9.20. The molecule has 2 aromatic carbocycles. The van der Waals surface area contributed by atoms with Crippen LogP contribution in [0.25, 0.3) is 0 Å². The first-order chi connectivity index (χ1) is 13.0. The van der Waals surface area contributed by atoms with Crippen molar-refractivity contribution in [2.24, 2.45) is 0 Å². The number of hydrogen-bond acceptors (Lipinski definition) is 4. The van der Waals surface area contributed by atoms with E-state index < -0.39 is 0 Å². The summed E-state index contributed by atoms with van der Waals surface area (Å²) in [6.45, 7) is 2.50. The van der Waals surface area contributed by atoms with Gasteiger partial charge in [-0.25, -0.2) is 0 Å². The number of phenolic OH excluding ortho intramolecular Hbond substituents is 1. The normalized spacial score (nSPS) is 13.6. The van der Waals surface area contributed by atoms with Gasteiger partial charge in [0, 0.05) is 37.2 Å². The zero-order valence-corrected chi connectivity index (χ0v) is 16.3. The van der Waals surface area contributed by atoms with Crippen molar-refractivity contribution in [2.45, 2.75) is 19.3 Å². The Bertz CT molecular complexity index is 766. The van der Waals surface area contributed by atoms with Gasteiger partial charge < -0.3 is 19.5 Å². The maximum atomic E-state index is 12.3. The van der Waals surface area contributed by atoms with Crippen LogP contribution >= 0.6 is 23.2 Å². The molecule has 1 saturated heterocycles. The van der Waals surface area contributed by atoms with Crippen molar-refractivity contribution in [1.82, 2.24) is 4.90 Å². The number of phenols is 1. The van der Waals surface area contributed by atoms with Gasteiger partial charge in [-0.2, -0.15) is 0 Å². The van der Waals surface area contributed by atoms with Crippen molar-refractivity contribution in [3.05, 3.63) is 52.0 Å². The third kappa shape index (κ3) is 5.21. The first-order valence-corrected chi connectivity index (χ1v) is 9.63. The lowest BCUT2D eigenvalue weighted by Crippen LogP contribution is -2.27. The first-order valence-electron chi connectivity index (χ1n) is 8.87. The van der Waals surface area contributed by atoms with Gasteiger partial charge in [-0.3, -0.25) is 4.79 Å². The molecule has 0 radical (unpaired) electrons. The first kappa shape index (κ1) is 19.6. The molecule has 0 aromatic heterocycles. The molecular formula is C20H21Cl2NO4. The molecule has 0 unspecified atom stereocenters. The predicted octanol–water partition coefficient (Wildman–Crippen LogP) is 4.78. The van der Waals surface area contributed by atoms with Crippen LogP contribution in [0.15, 0.2) is 36.4 Å². The van der Waals surface area contributed by atoms with E-state index >= 15 is 0 Å². The second-order valence-electron chi connectivity index (χ2n) is 6.31. The Morgan fingerprint density at radius 1 is 1.00 bits per heavy atom. The van der Waals surface area contributed by atoms with E-state index in [9.17, 15) is 9.90 Å². The van der Waals surface area contributed by atoms with Crippen LogP contribution in [0.2, 0.25) is 10.0 Å². The second-order valence-corrected chi connectivity index (χ2v) is 7.13. The van der Waals surface area contributed by atoms with Crippen LogP contribution in [0.5, 0.6) is 17.2 Å². The molecule has 2 aromatic rings. The number of rotatable bonds is 7. The van der Waals surface area contributed by atoms with Gasteiger partial charge in [-0.05, 0) is 37.1 Å². The van der Waals surface area contributed by atoms with E-state index in [1.807, 2.05) is 4.90 Å². The lowest BCUT2D eigenvalue weighted by atomic mass is 10.2. The maximum Gasteiger partial charge on any atom is 0.253 e. The predicted molar refractivity (Wildman–Crippen MR) is 105 cm³/mol. The molecule has 0 bridgehead atoms. The van der Waals surface area contributed by atoms with E-state index in [-0.39, 0.29) is 21.7 Å². The lowest BCUT2D eigenvalue weighted by Gasteiger charge is -2.15. The van der Waals surface area contributed by atoms with Crippen LogP contribution in [0, 0.1) is 0 Å². The molecule has 27 heavy (non-hydrogen) atoms. The number of halogens is 2. The lowest BCUT2D eigenvalue weighted by molar-refractivity contribution is 0.0793. The number of aromatic hydroxyl groups is 1. The highest BCUT2D eigenvalue weighted by atomic mass is 35.5. The fourth-order valence-electron chi connectivity index (χ4n) is 2.90. The van der Waals surface area contributed by atoms with Crippen molar-refractivity contribution in [3.63, 3.8) is 0 Å². The van der Waals surface area contributed by atoms with Crippen LogP contribution < -0.4 is 9.47 Å². The number of hydrogen-bond donors (Lipinski definition) is 1. The van der Waals surface area contributed by atoms with E-state index in [0.717, 1.165) is 25.9 Å². The molecule has 144 valence electrons. The van der Waals surface area contributed by atoms with Crippen LogP contribution in [-0.4, -0.2) is 42.2 Å². The number of carbonyl (C=O) groups excluding carboxylic acids is 1. The summed E-state index contributed by atoms with van der Waals surface area (Å²) in [5.41, 5.74) is 0.684. The molecular weight excluding hydrogens is 389 g/mol.